The molecule has 1 aromatic carbocycles. The topological polar surface area (TPSA) is 38.3 Å². The molecular formula is C19H29NO2. The van der Waals surface area contributed by atoms with Crippen molar-refractivity contribution in [1.82, 2.24) is 5.32 Å². The van der Waals surface area contributed by atoms with Crippen LogP contribution in [-0.2, 0) is 4.79 Å². The van der Waals surface area contributed by atoms with E-state index < -0.39 is 0 Å². The van der Waals surface area contributed by atoms with Crippen molar-refractivity contribution in [3.63, 3.8) is 0 Å². The first kappa shape index (κ1) is 16.9. The van der Waals surface area contributed by atoms with Crippen LogP contribution in [-0.4, -0.2) is 18.6 Å². The normalized spacial score (nSPS) is 21.7. The Bertz CT molecular complexity index is 502. The van der Waals surface area contributed by atoms with E-state index in [1.165, 1.54) is 18.4 Å². The van der Waals surface area contributed by atoms with Crippen molar-refractivity contribution in [2.75, 3.05) is 6.61 Å². The number of hydrogen-bond donors (Lipinski definition) is 1. The van der Waals surface area contributed by atoms with Gasteiger partial charge in [0.2, 0.25) is 0 Å². The van der Waals surface area contributed by atoms with E-state index in [4.69, 9.17) is 4.74 Å². The maximum Gasteiger partial charge on any atom is 0.258 e. The van der Waals surface area contributed by atoms with Crippen LogP contribution in [0.25, 0.3) is 0 Å². The summed E-state index contributed by atoms with van der Waals surface area (Å²) in [7, 11) is 0. The Morgan fingerprint density at radius 1 is 1.27 bits per heavy atom. The number of rotatable bonds is 5. The maximum absolute atomic E-state index is 12.1. The Morgan fingerprint density at radius 2 is 1.95 bits per heavy atom. The van der Waals surface area contributed by atoms with Crippen LogP contribution in [0.1, 0.15) is 63.5 Å². The second-order valence-electron chi connectivity index (χ2n) is 6.99. The molecule has 0 spiro atoms. The van der Waals surface area contributed by atoms with Crippen molar-refractivity contribution < 1.29 is 9.53 Å². The molecule has 0 heterocycles. The molecule has 1 amide bonds. The molecule has 1 aromatic rings. The monoisotopic (exact) mass is 303 g/mol. The first-order chi connectivity index (χ1) is 10.5. The zero-order valence-electron chi connectivity index (χ0n) is 14.3. The van der Waals surface area contributed by atoms with Gasteiger partial charge >= 0.3 is 0 Å². The number of carbonyl (C=O) groups is 1. The van der Waals surface area contributed by atoms with E-state index in [1.807, 2.05) is 6.92 Å². The van der Waals surface area contributed by atoms with Crippen LogP contribution >= 0.6 is 0 Å². The lowest BCUT2D eigenvalue weighted by molar-refractivity contribution is -0.124. The fraction of sp³-hybridized carbons (Fsp3) is 0.632. The average molecular weight is 303 g/mol. The molecule has 0 radical (unpaired) electrons. The predicted molar refractivity (Wildman–Crippen MR) is 90.3 cm³/mol. The second-order valence-corrected chi connectivity index (χ2v) is 6.99. The minimum absolute atomic E-state index is 0.00565. The van der Waals surface area contributed by atoms with Crippen LogP contribution in [0.2, 0.25) is 0 Å². The number of carbonyl (C=O) groups excluding carboxylic acids is 1. The minimum atomic E-state index is -0.00565. The quantitative estimate of drug-likeness (QED) is 0.885. The fourth-order valence-corrected chi connectivity index (χ4v) is 2.95. The van der Waals surface area contributed by atoms with E-state index in [0.29, 0.717) is 12.0 Å². The molecule has 122 valence electrons. The molecule has 0 saturated heterocycles. The summed E-state index contributed by atoms with van der Waals surface area (Å²) in [5.74, 6) is 2.07. The van der Waals surface area contributed by atoms with Crippen molar-refractivity contribution in [2.24, 2.45) is 5.92 Å². The zero-order chi connectivity index (χ0) is 16.1. The van der Waals surface area contributed by atoms with Gasteiger partial charge in [-0.25, -0.2) is 0 Å². The van der Waals surface area contributed by atoms with E-state index in [1.54, 1.807) is 0 Å². The molecule has 3 nitrogen and oxygen atoms in total. The highest BCUT2D eigenvalue weighted by Crippen LogP contribution is 2.25. The van der Waals surface area contributed by atoms with Crippen LogP contribution in [0.5, 0.6) is 5.75 Å². The molecule has 1 fully saturated rings. The lowest BCUT2D eigenvalue weighted by Crippen LogP contribution is -2.39. The van der Waals surface area contributed by atoms with Gasteiger partial charge in [-0.15, -0.1) is 0 Å². The van der Waals surface area contributed by atoms with E-state index in [9.17, 15) is 4.79 Å². The third-order valence-corrected chi connectivity index (χ3v) is 4.62. The Balaban J connectivity index is 1.84. The average Bonchev–Trinajstić information content (AvgIpc) is 2.48. The van der Waals surface area contributed by atoms with Crippen LogP contribution in [0, 0.1) is 12.8 Å². The molecule has 2 rings (SSSR count). The van der Waals surface area contributed by atoms with Gasteiger partial charge in [0.1, 0.15) is 5.75 Å². The lowest BCUT2D eigenvalue weighted by Gasteiger charge is -2.26. The third-order valence-electron chi connectivity index (χ3n) is 4.62. The number of amides is 1. The van der Waals surface area contributed by atoms with Crippen LogP contribution < -0.4 is 10.1 Å². The molecule has 1 saturated carbocycles. The maximum atomic E-state index is 12.1. The van der Waals surface area contributed by atoms with Crippen molar-refractivity contribution >= 4 is 5.91 Å². The summed E-state index contributed by atoms with van der Waals surface area (Å²) in [6, 6.07) is 6.56. The Hall–Kier alpha value is -1.51. The molecule has 22 heavy (non-hydrogen) atoms. The number of hydrogen-bond acceptors (Lipinski definition) is 2. The molecule has 0 atom stereocenters. The molecule has 1 aliphatic rings. The Morgan fingerprint density at radius 3 is 2.59 bits per heavy atom. The summed E-state index contributed by atoms with van der Waals surface area (Å²) in [6.07, 6.45) is 4.60. The number of benzene rings is 1. The van der Waals surface area contributed by atoms with Gasteiger partial charge in [-0.1, -0.05) is 32.9 Å². The van der Waals surface area contributed by atoms with Gasteiger partial charge in [-0.3, -0.25) is 4.79 Å². The SMILES string of the molecule is Cc1ccc(C(C)C)cc1OCC(=O)NC1CCC(C)CC1. The van der Waals surface area contributed by atoms with E-state index in [2.05, 4.69) is 44.3 Å². The summed E-state index contributed by atoms with van der Waals surface area (Å²) in [4.78, 5) is 12.1. The molecule has 1 aliphatic carbocycles. The highest BCUT2D eigenvalue weighted by molar-refractivity contribution is 5.77. The zero-order valence-corrected chi connectivity index (χ0v) is 14.3. The summed E-state index contributed by atoms with van der Waals surface area (Å²) in [5.41, 5.74) is 2.31. The first-order valence-corrected chi connectivity index (χ1v) is 8.48. The lowest BCUT2D eigenvalue weighted by atomic mass is 9.87. The summed E-state index contributed by atoms with van der Waals surface area (Å²) in [5, 5.41) is 3.10. The number of aryl methyl sites for hydroxylation is 1. The van der Waals surface area contributed by atoms with Crippen molar-refractivity contribution in [3.8, 4) is 5.75 Å². The Labute approximate surface area is 134 Å². The molecule has 0 unspecified atom stereocenters. The van der Waals surface area contributed by atoms with Crippen LogP contribution in [0.4, 0.5) is 0 Å². The Kier molecular flexibility index (Phi) is 5.87. The highest BCUT2D eigenvalue weighted by atomic mass is 16.5. The number of nitrogens with one attached hydrogen (secondary N) is 1. The smallest absolute Gasteiger partial charge is 0.258 e. The summed E-state index contributed by atoms with van der Waals surface area (Å²) in [6.45, 7) is 8.72. The predicted octanol–water partition coefficient (Wildman–Crippen LogP) is 4.19. The second kappa shape index (κ2) is 7.66. The standard InChI is InChI=1S/C19H29NO2/c1-13(2)16-8-7-15(4)18(11-16)22-12-19(21)20-17-9-5-14(3)6-10-17/h7-8,11,13-14,17H,5-6,9-10,12H2,1-4H3,(H,20,21). The molecule has 0 bridgehead atoms. The van der Waals surface area contributed by atoms with Gasteiger partial charge < -0.3 is 10.1 Å². The minimum Gasteiger partial charge on any atom is -0.483 e. The van der Waals surface area contributed by atoms with E-state index in [-0.39, 0.29) is 12.5 Å². The largest absolute Gasteiger partial charge is 0.483 e. The third kappa shape index (κ3) is 4.75. The molecular weight excluding hydrogens is 274 g/mol. The van der Waals surface area contributed by atoms with E-state index in [0.717, 1.165) is 30.1 Å². The fourth-order valence-electron chi connectivity index (χ4n) is 2.95. The number of ether oxygens (including phenoxy) is 1. The van der Waals surface area contributed by atoms with Crippen LogP contribution in [0.3, 0.4) is 0 Å². The van der Waals surface area contributed by atoms with Gasteiger partial charge in [0.15, 0.2) is 6.61 Å². The van der Waals surface area contributed by atoms with Crippen molar-refractivity contribution in [3.05, 3.63) is 29.3 Å². The van der Waals surface area contributed by atoms with Gasteiger partial charge in [-0.2, -0.15) is 0 Å². The summed E-state index contributed by atoms with van der Waals surface area (Å²) >= 11 is 0. The van der Waals surface area contributed by atoms with E-state index >= 15 is 0 Å². The highest BCUT2D eigenvalue weighted by Gasteiger charge is 2.19. The van der Waals surface area contributed by atoms with Gasteiger partial charge in [0.25, 0.3) is 5.91 Å². The molecule has 0 aliphatic heterocycles. The molecule has 3 heteroatoms. The molecule has 0 aromatic heterocycles. The van der Waals surface area contributed by atoms with Gasteiger partial charge in [-0.05, 0) is 61.6 Å². The van der Waals surface area contributed by atoms with Crippen molar-refractivity contribution in [1.29, 1.82) is 0 Å². The van der Waals surface area contributed by atoms with Gasteiger partial charge in [0.05, 0.1) is 0 Å². The van der Waals surface area contributed by atoms with Crippen molar-refractivity contribution in [2.45, 2.75) is 65.3 Å². The van der Waals surface area contributed by atoms with Gasteiger partial charge in [0, 0.05) is 6.04 Å². The molecule has 1 N–H and O–H groups in total. The van der Waals surface area contributed by atoms with Crippen LogP contribution in [0.15, 0.2) is 18.2 Å². The summed E-state index contributed by atoms with van der Waals surface area (Å²) < 4.78 is 5.74. The first-order valence-electron chi connectivity index (χ1n) is 8.48.